The van der Waals surface area contributed by atoms with Crippen LogP contribution in [-0.2, 0) is 14.3 Å². The van der Waals surface area contributed by atoms with E-state index in [0.29, 0.717) is 6.42 Å². The average Bonchev–Trinajstić information content (AvgIpc) is 2.27. The molecule has 0 N–H and O–H groups in total. The Morgan fingerprint density at radius 2 is 1.78 bits per heavy atom. The molecular formula is C14H26O3S. The molecule has 0 aliphatic carbocycles. The van der Waals surface area contributed by atoms with E-state index in [1.165, 1.54) is 11.8 Å². The minimum Gasteiger partial charge on any atom is -0.344 e. The van der Waals surface area contributed by atoms with Crippen molar-refractivity contribution < 1.29 is 14.3 Å². The lowest BCUT2D eigenvalue weighted by Gasteiger charge is -2.24. The largest absolute Gasteiger partial charge is 0.344 e. The van der Waals surface area contributed by atoms with Crippen LogP contribution in [-0.4, -0.2) is 27.4 Å². The van der Waals surface area contributed by atoms with Crippen molar-refractivity contribution in [1.82, 2.24) is 0 Å². The van der Waals surface area contributed by atoms with Gasteiger partial charge in [0.15, 0.2) is 10.9 Å². The normalized spacial score (nSPS) is 26.3. The first kappa shape index (κ1) is 16.0. The summed E-state index contributed by atoms with van der Waals surface area (Å²) in [6, 6.07) is 0. The summed E-state index contributed by atoms with van der Waals surface area (Å²) in [7, 11) is 0. The van der Waals surface area contributed by atoms with E-state index in [0.717, 1.165) is 6.42 Å². The predicted octanol–water partition coefficient (Wildman–Crippen LogP) is 3.76. The third kappa shape index (κ3) is 4.90. The number of carbonyl (C=O) groups is 1. The van der Waals surface area contributed by atoms with Crippen LogP contribution in [0.15, 0.2) is 0 Å². The van der Waals surface area contributed by atoms with Crippen LogP contribution in [0.3, 0.4) is 0 Å². The highest BCUT2D eigenvalue weighted by Gasteiger charge is 2.46. The molecule has 4 heteroatoms. The van der Waals surface area contributed by atoms with Gasteiger partial charge >= 0.3 is 0 Å². The minimum atomic E-state index is -0.547. The van der Waals surface area contributed by atoms with E-state index in [2.05, 4.69) is 20.8 Å². The summed E-state index contributed by atoms with van der Waals surface area (Å²) in [4.78, 5) is 11.9. The van der Waals surface area contributed by atoms with E-state index in [1.807, 2.05) is 27.7 Å². The zero-order valence-electron chi connectivity index (χ0n) is 12.6. The molecule has 0 radical (unpaired) electrons. The highest BCUT2D eigenvalue weighted by Crippen LogP contribution is 2.38. The number of ether oxygens (including phenoxy) is 2. The molecule has 0 bridgehead atoms. The number of thioether (sulfide) groups is 1. The molecule has 106 valence electrons. The summed E-state index contributed by atoms with van der Waals surface area (Å²) in [5.41, 5.74) is -0.323. The lowest BCUT2D eigenvalue weighted by Crippen LogP contribution is -2.33. The van der Waals surface area contributed by atoms with Crippen molar-refractivity contribution in [3.8, 4) is 0 Å². The maximum atomic E-state index is 11.9. The standard InChI is InChI=1S/C14H26O3S/c1-12(2,3)18-11(15)9-8-10-13(4,5)17-14(6,7)16-10/h10H,8-9H2,1-7H3/t10-/m0/s1. The van der Waals surface area contributed by atoms with Crippen LogP contribution in [0.1, 0.15) is 61.3 Å². The third-order valence-electron chi connectivity index (χ3n) is 2.74. The van der Waals surface area contributed by atoms with Gasteiger partial charge in [0.1, 0.15) is 0 Å². The number of carbonyl (C=O) groups excluding carboxylic acids is 1. The van der Waals surface area contributed by atoms with Crippen LogP contribution in [0.25, 0.3) is 0 Å². The second-order valence-electron chi connectivity index (χ2n) is 6.84. The summed E-state index contributed by atoms with van der Waals surface area (Å²) in [5, 5.41) is 0.228. The molecule has 0 amide bonds. The van der Waals surface area contributed by atoms with Gasteiger partial charge in [-0.15, -0.1) is 0 Å². The van der Waals surface area contributed by atoms with Gasteiger partial charge in [-0.3, -0.25) is 4.79 Å². The van der Waals surface area contributed by atoms with Gasteiger partial charge in [0.25, 0.3) is 0 Å². The van der Waals surface area contributed by atoms with Gasteiger partial charge in [0, 0.05) is 11.2 Å². The van der Waals surface area contributed by atoms with E-state index in [1.54, 1.807) is 0 Å². The second-order valence-corrected chi connectivity index (χ2v) is 8.72. The predicted molar refractivity (Wildman–Crippen MR) is 75.7 cm³/mol. The zero-order valence-corrected chi connectivity index (χ0v) is 13.4. The molecule has 0 spiro atoms. The van der Waals surface area contributed by atoms with Crippen LogP contribution >= 0.6 is 11.8 Å². The summed E-state index contributed by atoms with van der Waals surface area (Å²) >= 11 is 1.40. The first-order valence-electron chi connectivity index (χ1n) is 6.51. The summed E-state index contributed by atoms with van der Waals surface area (Å²) in [6.45, 7) is 14.0. The van der Waals surface area contributed by atoms with Gasteiger partial charge in [-0.25, -0.2) is 0 Å². The minimum absolute atomic E-state index is 0.0150. The molecule has 18 heavy (non-hydrogen) atoms. The van der Waals surface area contributed by atoms with Crippen LogP contribution in [0.5, 0.6) is 0 Å². The van der Waals surface area contributed by atoms with Gasteiger partial charge in [0.2, 0.25) is 0 Å². The van der Waals surface area contributed by atoms with Crippen LogP contribution in [0, 0.1) is 0 Å². The van der Waals surface area contributed by atoms with E-state index >= 15 is 0 Å². The fraction of sp³-hybridized carbons (Fsp3) is 0.929. The van der Waals surface area contributed by atoms with E-state index in [9.17, 15) is 4.79 Å². The molecule has 0 aromatic carbocycles. The number of hydrogen-bond donors (Lipinski definition) is 0. The lowest BCUT2D eigenvalue weighted by molar-refractivity contribution is -0.157. The highest BCUT2D eigenvalue weighted by molar-refractivity contribution is 8.14. The smallest absolute Gasteiger partial charge is 0.189 e. The maximum absolute atomic E-state index is 11.9. The van der Waals surface area contributed by atoms with E-state index < -0.39 is 5.79 Å². The SMILES string of the molecule is CC1(C)O[C@@H](CCC(=O)SC(C)(C)C)C(C)(C)O1. The summed E-state index contributed by atoms with van der Waals surface area (Å²) in [5.74, 6) is -0.547. The maximum Gasteiger partial charge on any atom is 0.189 e. The lowest BCUT2D eigenvalue weighted by atomic mass is 9.98. The Morgan fingerprint density at radius 1 is 1.22 bits per heavy atom. The van der Waals surface area contributed by atoms with Crippen LogP contribution in [0.2, 0.25) is 0 Å². The van der Waals surface area contributed by atoms with Gasteiger partial charge in [-0.1, -0.05) is 32.5 Å². The van der Waals surface area contributed by atoms with Crippen molar-refractivity contribution in [3.05, 3.63) is 0 Å². The Morgan fingerprint density at radius 3 is 2.17 bits per heavy atom. The molecule has 1 rings (SSSR count). The molecule has 1 aliphatic rings. The zero-order chi connectivity index (χ0) is 14.2. The molecule has 0 saturated carbocycles. The molecule has 1 atom stereocenters. The number of rotatable bonds is 3. The summed E-state index contributed by atoms with van der Waals surface area (Å²) < 4.78 is 11.7. The third-order valence-corrected chi connectivity index (χ3v) is 3.79. The summed E-state index contributed by atoms with van der Waals surface area (Å²) in [6.07, 6.45) is 1.24. The first-order chi connectivity index (χ1) is 7.91. The molecule has 1 fully saturated rings. The van der Waals surface area contributed by atoms with Crippen LogP contribution < -0.4 is 0 Å². The van der Waals surface area contributed by atoms with E-state index in [4.69, 9.17) is 9.47 Å². The van der Waals surface area contributed by atoms with Gasteiger partial charge < -0.3 is 9.47 Å². The van der Waals surface area contributed by atoms with Crippen molar-refractivity contribution in [2.45, 2.75) is 83.5 Å². The van der Waals surface area contributed by atoms with Gasteiger partial charge in [-0.05, 0) is 34.1 Å². The van der Waals surface area contributed by atoms with Crippen molar-refractivity contribution in [2.24, 2.45) is 0 Å². The molecular weight excluding hydrogens is 248 g/mol. The topological polar surface area (TPSA) is 35.5 Å². The second kappa shape index (κ2) is 5.14. The fourth-order valence-electron chi connectivity index (χ4n) is 2.26. The van der Waals surface area contributed by atoms with Gasteiger partial charge in [0.05, 0.1) is 11.7 Å². The quantitative estimate of drug-likeness (QED) is 0.785. The highest BCUT2D eigenvalue weighted by atomic mass is 32.2. The monoisotopic (exact) mass is 274 g/mol. The Kier molecular flexibility index (Phi) is 4.57. The van der Waals surface area contributed by atoms with Crippen molar-refractivity contribution >= 4 is 16.9 Å². The fourth-order valence-corrected chi connectivity index (χ4v) is 3.16. The molecule has 1 heterocycles. The molecule has 1 aliphatic heterocycles. The first-order valence-corrected chi connectivity index (χ1v) is 7.33. The molecule has 1 saturated heterocycles. The Balaban J connectivity index is 2.47. The van der Waals surface area contributed by atoms with Crippen LogP contribution in [0.4, 0.5) is 0 Å². The molecule has 0 aromatic heterocycles. The Bertz CT molecular complexity index is 315. The van der Waals surface area contributed by atoms with Crippen molar-refractivity contribution in [2.75, 3.05) is 0 Å². The van der Waals surface area contributed by atoms with Crippen molar-refractivity contribution in [3.63, 3.8) is 0 Å². The molecule has 0 aromatic rings. The molecule has 3 nitrogen and oxygen atoms in total. The van der Waals surface area contributed by atoms with Gasteiger partial charge in [-0.2, -0.15) is 0 Å². The van der Waals surface area contributed by atoms with Crippen molar-refractivity contribution in [1.29, 1.82) is 0 Å². The number of hydrogen-bond acceptors (Lipinski definition) is 4. The van der Waals surface area contributed by atoms with E-state index in [-0.39, 0.29) is 21.6 Å². The molecule has 0 unspecified atom stereocenters. The Hall–Kier alpha value is -0.0600. The average molecular weight is 274 g/mol. The Labute approximate surface area is 115 Å².